The maximum atomic E-state index is 10.6. The monoisotopic (exact) mass is 243 g/mol. The summed E-state index contributed by atoms with van der Waals surface area (Å²) in [5.74, 6) is 0. The van der Waals surface area contributed by atoms with E-state index in [0.29, 0.717) is 5.41 Å². The second-order valence-corrected chi connectivity index (χ2v) is 5.07. The molecule has 0 saturated carbocycles. The zero-order valence-corrected chi connectivity index (χ0v) is 11.0. The van der Waals surface area contributed by atoms with E-state index >= 15 is 0 Å². The van der Waals surface area contributed by atoms with Gasteiger partial charge in [-0.25, -0.2) is 0 Å². The number of hydrogen-bond donors (Lipinski definition) is 1. The molecule has 0 aromatic heterocycles. The minimum Gasteiger partial charge on any atom is -0.385 e. The zero-order chi connectivity index (χ0) is 12.8. The Bertz CT molecular complexity index is 421. The third-order valence-electron chi connectivity index (χ3n) is 3.98. The molecule has 2 nitrogen and oxygen atoms in total. The number of hydrogen-bond acceptors (Lipinski definition) is 2. The van der Waals surface area contributed by atoms with Crippen molar-refractivity contribution in [3.63, 3.8) is 0 Å². The fourth-order valence-corrected chi connectivity index (χ4v) is 2.60. The van der Waals surface area contributed by atoms with Crippen molar-refractivity contribution in [2.75, 3.05) is 11.9 Å². The molecule has 0 spiro atoms. The lowest BCUT2D eigenvalue weighted by atomic mass is 9.81. The van der Waals surface area contributed by atoms with Crippen LogP contribution in [0.25, 0.3) is 0 Å². The molecule has 2 rings (SSSR count). The van der Waals surface area contributed by atoms with E-state index in [9.17, 15) is 4.79 Å². The highest BCUT2D eigenvalue weighted by Gasteiger charge is 2.26. The quantitative estimate of drug-likeness (QED) is 0.603. The second-order valence-electron chi connectivity index (χ2n) is 5.07. The summed E-state index contributed by atoms with van der Waals surface area (Å²) >= 11 is 0. The normalized spacial score (nSPS) is 22.1. The van der Waals surface area contributed by atoms with Crippen LogP contribution in [0, 0.1) is 5.41 Å². The zero-order valence-electron chi connectivity index (χ0n) is 11.0. The average molecular weight is 243 g/mol. The second kappa shape index (κ2) is 5.85. The van der Waals surface area contributed by atoms with E-state index in [1.807, 2.05) is 24.3 Å². The Hall–Kier alpha value is -1.57. The standard InChI is InChI=1S/C16H21NO/c1-2-16(9-3-4-10-16)11-12-17-15-7-5-14(13-18)6-8-15/h3,5-9,13,17H,2,4,10-12H2,1H3. The Morgan fingerprint density at radius 1 is 1.33 bits per heavy atom. The van der Waals surface area contributed by atoms with E-state index in [2.05, 4.69) is 24.4 Å². The van der Waals surface area contributed by atoms with Gasteiger partial charge in [0, 0.05) is 17.8 Å². The molecule has 0 fully saturated rings. The Kier molecular flexibility index (Phi) is 4.19. The van der Waals surface area contributed by atoms with E-state index in [0.717, 1.165) is 24.1 Å². The van der Waals surface area contributed by atoms with Gasteiger partial charge in [-0.2, -0.15) is 0 Å². The molecule has 1 aromatic rings. The molecular weight excluding hydrogens is 222 g/mol. The summed E-state index contributed by atoms with van der Waals surface area (Å²) in [5, 5.41) is 3.43. The molecule has 1 N–H and O–H groups in total. The lowest BCUT2D eigenvalue weighted by Crippen LogP contribution is -2.18. The summed E-state index contributed by atoms with van der Waals surface area (Å²) in [6.07, 6.45) is 10.5. The summed E-state index contributed by atoms with van der Waals surface area (Å²) in [7, 11) is 0. The van der Waals surface area contributed by atoms with Crippen LogP contribution in [0.5, 0.6) is 0 Å². The van der Waals surface area contributed by atoms with Crippen LogP contribution < -0.4 is 5.32 Å². The number of rotatable bonds is 6. The van der Waals surface area contributed by atoms with Crippen LogP contribution in [-0.2, 0) is 0 Å². The first-order chi connectivity index (χ1) is 8.78. The van der Waals surface area contributed by atoms with E-state index < -0.39 is 0 Å². The van der Waals surface area contributed by atoms with Crippen LogP contribution >= 0.6 is 0 Å². The van der Waals surface area contributed by atoms with Crippen molar-refractivity contribution in [2.45, 2.75) is 32.6 Å². The molecule has 18 heavy (non-hydrogen) atoms. The number of nitrogens with one attached hydrogen (secondary N) is 1. The first-order valence-electron chi connectivity index (χ1n) is 6.75. The molecule has 0 amide bonds. The Labute approximate surface area is 109 Å². The molecule has 1 aromatic carbocycles. The van der Waals surface area contributed by atoms with Crippen LogP contribution in [-0.4, -0.2) is 12.8 Å². The average Bonchev–Trinajstić information content (AvgIpc) is 2.89. The maximum Gasteiger partial charge on any atom is 0.150 e. The molecule has 0 heterocycles. The van der Waals surface area contributed by atoms with Crippen molar-refractivity contribution < 1.29 is 4.79 Å². The third kappa shape index (κ3) is 3.00. The molecule has 2 heteroatoms. The lowest BCUT2D eigenvalue weighted by molar-refractivity contribution is 0.112. The Morgan fingerprint density at radius 2 is 2.11 bits per heavy atom. The van der Waals surface area contributed by atoms with Gasteiger partial charge in [0.15, 0.2) is 0 Å². The highest BCUT2D eigenvalue weighted by molar-refractivity contribution is 5.75. The number of allylic oxidation sites excluding steroid dienone is 2. The fourth-order valence-electron chi connectivity index (χ4n) is 2.60. The van der Waals surface area contributed by atoms with Gasteiger partial charge in [-0.15, -0.1) is 0 Å². The number of anilines is 1. The molecule has 0 saturated heterocycles. The molecule has 0 bridgehead atoms. The molecule has 96 valence electrons. The van der Waals surface area contributed by atoms with Gasteiger partial charge in [0.25, 0.3) is 0 Å². The van der Waals surface area contributed by atoms with Crippen molar-refractivity contribution in [3.8, 4) is 0 Å². The predicted molar refractivity (Wildman–Crippen MR) is 76.0 cm³/mol. The van der Waals surface area contributed by atoms with Gasteiger partial charge in [0.05, 0.1) is 0 Å². The first-order valence-corrected chi connectivity index (χ1v) is 6.75. The Balaban J connectivity index is 1.84. The topological polar surface area (TPSA) is 29.1 Å². The van der Waals surface area contributed by atoms with Crippen LogP contribution in [0.15, 0.2) is 36.4 Å². The molecule has 1 aliphatic carbocycles. The summed E-state index contributed by atoms with van der Waals surface area (Å²) < 4.78 is 0. The minimum absolute atomic E-state index is 0.412. The molecule has 1 atom stereocenters. The van der Waals surface area contributed by atoms with Gasteiger partial charge in [-0.1, -0.05) is 19.1 Å². The number of aldehydes is 1. The summed E-state index contributed by atoms with van der Waals surface area (Å²) in [4.78, 5) is 10.6. The highest BCUT2D eigenvalue weighted by atomic mass is 16.1. The van der Waals surface area contributed by atoms with Crippen LogP contribution in [0.3, 0.4) is 0 Å². The van der Waals surface area contributed by atoms with E-state index in [1.165, 1.54) is 25.7 Å². The molecule has 1 unspecified atom stereocenters. The fraction of sp³-hybridized carbons (Fsp3) is 0.438. The van der Waals surface area contributed by atoms with Gasteiger partial charge in [-0.05, 0) is 55.4 Å². The first kappa shape index (κ1) is 12.9. The molecule has 1 aliphatic rings. The smallest absolute Gasteiger partial charge is 0.150 e. The number of carbonyl (C=O) groups excluding carboxylic acids is 1. The van der Waals surface area contributed by atoms with Crippen molar-refractivity contribution in [1.29, 1.82) is 0 Å². The van der Waals surface area contributed by atoms with Gasteiger partial charge >= 0.3 is 0 Å². The van der Waals surface area contributed by atoms with Crippen molar-refractivity contribution in [3.05, 3.63) is 42.0 Å². The molecular formula is C16H21NO. The van der Waals surface area contributed by atoms with Gasteiger partial charge in [0.2, 0.25) is 0 Å². The van der Waals surface area contributed by atoms with Crippen molar-refractivity contribution in [1.82, 2.24) is 0 Å². The van der Waals surface area contributed by atoms with E-state index in [-0.39, 0.29) is 0 Å². The summed E-state index contributed by atoms with van der Waals surface area (Å²) in [6, 6.07) is 7.63. The minimum atomic E-state index is 0.412. The van der Waals surface area contributed by atoms with Crippen molar-refractivity contribution in [2.24, 2.45) is 5.41 Å². The van der Waals surface area contributed by atoms with Crippen LogP contribution in [0.2, 0.25) is 0 Å². The van der Waals surface area contributed by atoms with Gasteiger partial charge < -0.3 is 5.32 Å². The van der Waals surface area contributed by atoms with Gasteiger partial charge in [-0.3, -0.25) is 4.79 Å². The molecule has 0 radical (unpaired) electrons. The van der Waals surface area contributed by atoms with E-state index in [1.54, 1.807) is 0 Å². The van der Waals surface area contributed by atoms with Gasteiger partial charge in [0.1, 0.15) is 6.29 Å². The summed E-state index contributed by atoms with van der Waals surface area (Å²) in [6.45, 7) is 3.26. The van der Waals surface area contributed by atoms with Crippen LogP contribution in [0.1, 0.15) is 43.0 Å². The number of carbonyl (C=O) groups is 1. The van der Waals surface area contributed by atoms with Crippen molar-refractivity contribution >= 4 is 12.0 Å². The van der Waals surface area contributed by atoms with Crippen LogP contribution in [0.4, 0.5) is 5.69 Å². The largest absolute Gasteiger partial charge is 0.385 e. The third-order valence-corrected chi connectivity index (χ3v) is 3.98. The highest BCUT2D eigenvalue weighted by Crippen LogP contribution is 2.38. The van der Waals surface area contributed by atoms with E-state index in [4.69, 9.17) is 0 Å². The predicted octanol–water partition coefficient (Wildman–Crippen LogP) is 4.05. The summed E-state index contributed by atoms with van der Waals surface area (Å²) in [5.41, 5.74) is 2.23. The molecule has 0 aliphatic heterocycles. The Morgan fingerprint density at radius 3 is 2.67 bits per heavy atom. The maximum absolute atomic E-state index is 10.6. The number of benzene rings is 1. The lowest BCUT2D eigenvalue weighted by Gasteiger charge is -2.26. The SMILES string of the molecule is CCC1(CCNc2ccc(C=O)cc2)C=CCC1.